The zero-order valence-corrected chi connectivity index (χ0v) is 10.3. The number of pyridine rings is 1. The predicted octanol–water partition coefficient (Wildman–Crippen LogP) is 0.393. The maximum atomic E-state index is 8.84. The lowest BCUT2D eigenvalue weighted by molar-refractivity contribution is 0.318. The van der Waals surface area contributed by atoms with E-state index in [9.17, 15) is 0 Å². The minimum atomic E-state index is 0.0667. The molecule has 2 aromatic heterocycles. The van der Waals surface area contributed by atoms with Gasteiger partial charge in [0.15, 0.2) is 5.84 Å². The monoisotopic (exact) mass is 258 g/mol. The molecule has 0 aliphatic carbocycles. The summed E-state index contributed by atoms with van der Waals surface area (Å²) in [5.41, 5.74) is 6.32. The van der Waals surface area contributed by atoms with Gasteiger partial charge >= 0.3 is 0 Å². The van der Waals surface area contributed by atoms with Crippen LogP contribution in [0.15, 0.2) is 35.9 Å². The fourth-order valence-electron chi connectivity index (χ4n) is 2.26. The molecule has 7 heteroatoms. The second-order valence-corrected chi connectivity index (χ2v) is 4.32. The van der Waals surface area contributed by atoms with E-state index in [1.807, 2.05) is 6.20 Å². The van der Waals surface area contributed by atoms with E-state index < -0.39 is 0 Å². The van der Waals surface area contributed by atoms with Gasteiger partial charge in [-0.05, 0) is 12.1 Å². The van der Waals surface area contributed by atoms with Crippen molar-refractivity contribution in [1.29, 1.82) is 0 Å². The molecule has 1 aliphatic rings. The Balaban J connectivity index is 1.96. The quantitative estimate of drug-likeness (QED) is 0.352. The van der Waals surface area contributed by atoms with Crippen LogP contribution in [0, 0.1) is 0 Å². The highest BCUT2D eigenvalue weighted by atomic mass is 16.4. The first-order valence-electron chi connectivity index (χ1n) is 5.97. The first kappa shape index (κ1) is 11.5. The fraction of sp³-hybridized carbons (Fsp3) is 0.250. The summed E-state index contributed by atoms with van der Waals surface area (Å²) < 4.78 is 2.11. The van der Waals surface area contributed by atoms with E-state index in [1.165, 1.54) is 0 Å². The predicted molar refractivity (Wildman–Crippen MR) is 70.0 cm³/mol. The molecule has 0 aromatic carbocycles. The van der Waals surface area contributed by atoms with Gasteiger partial charge in [0.1, 0.15) is 11.6 Å². The Hall–Kier alpha value is -2.57. The first-order chi connectivity index (χ1) is 9.29. The van der Waals surface area contributed by atoms with Crippen LogP contribution >= 0.6 is 0 Å². The number of amidine groups is 1. The number of oxime groups is 1. The van der Waals surface area contributed by atoms with E-state index in [2.05, 4.69) is 24.6 Å². The van der Waals surface area contributed by atoms with Crippen molar-refractivity contribution >= 4 is 11.7 Å². The van der Waals surface area contributed by atoms with E-state index in [1.54, 1.807) is 24.5 Å². The SMILES string of the molecule is N/C(=N/O)c1cccnc1N1CCn2ccnc2C1. The number of hydrogen-bond acceptors (Lipinski definition) is 5. The first-order valence-corrected chi connectivity index (χ1v) is 5.97. The number of imidazole rings is 1. The van der Waals surface area contributed by atoms with Crippen LogP contribution in [-0.2, 0) is 13.1 Å². The number of nitrogens with two attached hydrogens (primary N) is 1. The molecular weight excluding hydrogens is 244 g/mol. The van der Waals surface area contributed by atoms with Crippen molar-refractivity contribution in [3.63, 3.8) is 0 Å². The molecule has 0 saturated heterocycles. The van der Waals surface area contributed by atoms with Crippen LogP contribution in [0.3, 0.4) is 0 Å². The molecule has 0 fully saturated rings. The van der Waals surface area contributed by atoms with Crippen LogP contribution < -0.4 is 10.6 Å². The Morgan fingerprint density at radius 1 is 1.32 bits per heavy atom. The Bertz CT molecular complexity index is 620. The molecule has 0 unspecified atom stereocenters. The van der Waals surface area contributed by atoms with Crippen molar-refractivity contribution in [2.24, 2.45) is 10.9 Å². The van der Waals surface area contributed by atoms with E-state index in [0.717, 1.165) is 18.9 Å². The number of nitrogens with zero attached hydrogens (tertiary/aromatic N) is 5. The van der Waals surface area contributed by atoms with Gasteiger partial charge in [-0.3, -0.25) is 0 Å². The molecular formula is C12H14N6O. The minimum Gasteiger partial charge on any atom is -0.409 e. The molecule has 3 heterocycles. The van der Waals surface area contributed by atoms with Gasteiger partial charge in [0, 0.05) is 31.7 Å². The zero-order chi connectivity index (χ0) is 13.2. The second kappa shape index (κ2) is 4.60. The summed E-state index contributed by atoms with van der Waals surface area (Å²) in [6.45, 7) is 2.32. The Labute approximate surface area is 110 Å². The molecule has 0 amide bonds. The average Bonchev–Trinajstić information content (AvgIpc) is 2.93. The summed E-state index contributed by atoms with van der Waals surface area (Å²) >= 11 is 0. The summed E-state index contributed by atoms with van der Waals surface area (Å²) in [4.78, 5) is 10.7. The van der Waals surface area contributed by atoms with Crippen molar-refractivity contribution in [2.45, 2.75) is 13.1 Å². The number of aromatic nitrogens is 3. The number of hydrogen-bond donors (Lipinski definition) is 2. The van der Waals surface area contributed by atoms with Crippen LogP contribution in [0.1, 0.15) is 11.4 Å². The van der Waals surface area contributed by atoms with Gasteiger partial charge in [-0.2, -0.15) is 0 Å². The third-order valence-electron chi connectivity index (χ3n) is 3.21. The molecule has 19 heavy (non-hydrogen) atoms. The van der Waals surface area contributed by atoms with Gasteiger partial charge in [-0.25, -0.2) is 9.97 Å². The fourth-order valence-corrected chi connectivity index (χ4v) is 2.26. The highest BCUT2D eigenvalue weighted by Gasteiger charge is 2.21. The third-order valence-corrected chi connectivity index (χ3v) is 3.21. The average molecular weight is 258 g/mol. The van der Waals surface area contributed by atoms with Crippen LogP contribution in [0.5, 0.6) is 0 Å². The Kier molecular flexibility index (Phi) is 2.79. The maximum absolute atomic E-state index is 8.84. The third kappa shape index (κ3) is 1.99. The van der Waals surface area contributed by atoms with Crippen molar-refractivity contribution in [2.75, 3.05) is 11.4 Å². The van der Waals surface area contributed by atoms with E-state index in [4.69, 9.17) is 10.9 Å². The summed E-state index contributed by atoms with van der Waals surface area (Å²) in [5, 5.41) is 11.9. The molecule has 0 radical (unpaired) electrons. The smallest absolute Gasteiger partial charge is 0.173 e. The molecule has 3 rings (SSSR count). The van der Waals surface area contributed by atoms with Crippen molar-refractivity contribution in [3.8, 4) is 0 Å². The van der Waals surface area contributed by atoms with Crippen molar-refractivity contribution < 1.29 is 5.21 Å². The van der Waals surface area contributed by atoms with E-state index in [0.29, 0.717) is 17.9 Å². The van der Waals surface area contributed by atoms with E-state index in [-0.39, 0.29) is 5.84 Å². The molecule has 7 nitrogen and oxygen atoms in total. The Morgan fingerprint density at radius 3 is 3.05 bits per heavy atom. The lowest BCUT2D eigenvalue weighted by atomic mass is 10.2. The van der Waals surface area contributed by atoms with Gasteiger partial charge in [0.25, 0.3) is 0 Å². The maximum Gasteiger partial charge on any atom is 0.173 e. The molecule has 0 spiro atoms. The van der Waals surface area contributed by atoms with Gasteiger partial charge in [0.2, 0.25) is 0 Å². The van der Waals surface area contributed by atoms with Gasteiger partial charge in [-0.15, -0.1) is 0 Å². The van der Waals surface area contributed by atoms with Crippen LogP contribution in [0.2, 0.25) is 0 Å². The summed E-state index contributed by atoms with van der Waals surface area (Å²) in [6.07, 6.45) is 5.46. The lowest BCUT2D eigenvalue weighted by Crippen LogP contribution is -2.35. The van der Waals surface area contributed by atoms with Gasteiger partial charge in [0.05, 0.1) is 12.1 Å². The summed E-state index contributed by atoms with van der Waals surface area (Å²) in [5.74, 6) is 1.77. The summed E-state index contributed by atoms with van der Waals surface area (Å²) in [6, 6.07) is 3.56. The minimum absolute atomic E-state index is 0.0667. The molecule has 0 saturated carbocycles. The highest BCUT2D eigenvalue weighted by Crippen LogP contribution is 2.21. The molecule has 0 atom stereocenters. The highest BCUT2D eigenvalue weighted by molar-refractivity contribution is 6.01. The molecule has 2 aromatic rings. The zero-order valence-electron chi connectivity index (χ0n) is 10.3. The molecule has 0 bridgehead atoms. The lowest BCUT2D eigenvalue weighted by Gasteiger charge is -2.29. The molecule has 98 valence electrons. The van der Waals surface area contributed by atoms with Crippen LogP contribution in [0.25, 0.3) is 0 Å². The number of fused-ring (bicyclic) bond motifs is 1. The van der Waals surface area contributed by atoms with Gasteiger partial charge < -0.3 is 20.4 Å². The van der Waals surface area contributed by atoms with Crippen LogP contribution in [-0.4, -0.2) is 32.1 Å². The largest absolute Gasteiger partial charge is 0.409 e. The second-order valence-electron chi connectivity index (χ2n) is 4.32. The van der Waals surface area contributed by atoms with Crippen LogP contribution in [0.4, 0.5) is 5.82 Å². The van der Waals surface area contributed by atoms with E-state index >= 15 is 0 Å². The Morgan fingerprint density at radius 2 is 2.21 bits per heavy atom. The number of anilines is 1. The van der Waals surface area contributed by atoms with Crippen molar-refractivity contribution in [3.05, 3.63) is 42.1 Å². The topological polar surface area (TPSA) is 92.6 Å². The molecule has 3 N–H and O–H groups in total. The molecule has 1 aliphatic heterocycles. The standard InChI is InChI=1S/C12H14N6O/c13-11(16-19)9-2-1-3-15-12(9)18-7-6-17-5-4-14-10(17)8-18/h1-5,19H,6-8H2,(H2,13,16). The van der Waals surface area contributed by atoms with Gasteiger partial charge in [-0.1, -0.05) is 5.16 Å². The van der Waals surface area contributed by atoms with Crippen molar-refractivity contribution in [1.82, 2.24) is 14.5 Å². The normalized spacial score (nSPS) is 15.4. The summed E-state index contributed by atoms with van der Waals surface area (Å²) in [7, 11) is 0. The number of rotatable bonds is 2.